The molecule has 4 N–H and O–H groups in total. The molecule has 0 saturated heterocycles. The van der Waals surface area contributed by atoms with Crippen molar-refractivity contribution in [2.24, 2.45) is 0 Å². The first kappa shape index (κ1) is 38.4. The number of hydrogen-bond acceptors (Lipinski definition) is 7. The molecule has 3 aromatic rings. The zero-order valence-corrected chi connectivity index (χ0v) is 29.0. The molecule has 11 heteroatoms. The fraction of sp³-hybridized carbons (Fsp3) is 0.459. The van der Waals surface area contributed by atoms with Gasteiger partial charge >= 0.3 is 0 Å². The molecule has 0 spiro atoms. The number of carbonyl (C=O) groups excluding carboxylic acids is 2. The molecule has 3 aromatic carbocycles. The zero-order chi connectivity index (χ0) is 34.6. The lowest BCUT2D eigenvalue weighted by atomic mass is 10.0. The fourth-order valence-electron chi connectivity index (χ4n) is 5.09. The smallest absolute Gasteiger partial charge is 0.265 e. The number of carbonyl (C=O) groups is 2. The Morgan fingerprint density at radius 3 is 2.02 bits per heavy atom. The third-order valence-electron chi connectivity index (χ3n) is 7.77. The Kier molecular flexibility index (Phi) is 16.8. The molecule has 48 heavy (non-hydrogen) atoms. The van der Waals surface area contributed by atoms with Gasteiger partial charge in [0, 0.05) is 29.6 Å². The number of ether oxygens (including phenoxy) is 2. The molecule has 3 rings (SSSR count). The number of anilines is 3. The van der Waals surface area contributed by atoms with Crippen LogP contribution in [-0.4, -0.2) is 50.4 Å². The Hall–Kier alpha value is -4.09. The number of rotatable bonds is 23. The van der Waals surface area contributed by atoms with Crippen LogP contribution in [0, 0.1) is 0 Å². The van der Waals surface area contributed by atoms with Gasteiger partial charge in [-0.05, 0) is 68.3 Å². The lowest BCUT2D eigenvalue weighted by Crippen LogP contribution is -2.33. The molecular weight excluding hydrogens is 630 g/mol. The van der Waals surface area contributed by atoms with Gasteiger partial charge in [0.15, 0.2) is 6.10 Å². The number of benzene rings is 3. The SMILES string of the molecule is CCCCCCCCCCCCC(Oc1ccc(NS(=O)(=O)CCOCC)cc1)C(=O)Nc1ccc(NC(=O)c2ccccc2)c(O)c1. The summed E-state index contributed by atoms with van der Waals surface area (Å²) in [6.07, 6.45) is 11.3. The number of phenolic OH excluding ortho intramolecular Hbond substituents is 1. The van der Waals surface area contributed by atoms with Crippen LogP contribution in [0.15, 0.2) is 72.8 Å². The van der Waals surface area contributed by atoms with Crippen LogP contribution in [0.1, 0.15) is 94.8 Å². The molecule has 10 nitrogen and oxygen atoms in total. The molecule has 262 valence electrons. The summed E-state index contributed by atoms with van der Waals surface area (Å²) < 4.78 is 38.4. The van der Waals surface area contributed by atoms with E-state index in [1.165, 1.54) is 50.7 Å². The average molecular weight is 682 g/mol. The highest BCUT2D eigenvalue weighted by Crippen LogP contribution is 2.28. The molecule has 0 fully saturated rings. The van der Waals surface area contributed by atoms with Gasteiger partial charge in [0.05, 0.1) is 18.0 Å². The van der Waals surface area contributed by atoms with Crippen LogP contribution in [0.4, 0.5) is 17.1 Å². The molecule has 1 unspecified atom stereocenters. The van der Waals surface area contributed by atoms with E-state index in [1.54, 1.807) is 61.5 Å². The van der Waals surface area contributed by atoms with E-state index >= 15 is 0 Å². The summed E-state index contributed by atoms with van der Waals surface area (Å²) in [6.45, 7) is 4.56. The van der Waals surface area contributed by atoms with Crippen molar-refractivity contribution >= 4 is 38.9 Å². The lowest BCUT2D eigenvalue weighted by Gasteiger charge is -2.20. The highest BCUT2D eigenvalue weighted by atomic mass is 32.2. The van der Waals surface area contributed by atoms with Crippen molar-refractivity contribution in [2.45, 2.75) is 90.6 Å². The number of hydrogen-bond donors (Lipinski definition) is 4. The Bertz CT molecular complexity index is 1500. The standard InChI is InChI=1S/C37H51N3O7S/c1-3-5-6-7-8-9-10-11-12-16-19-35(47-32-23-20-30(21-24-32)40-48(44,45)27-26-46-4-2)37(43)38-31-22-25-33(34(41)28-31)39-36(42)29-17-14-13-15-18-29/h13-15,17-18,20-25,28,35,40-41H,3-12,16,19,26-27H2,1-2H3,(H,38,43)(H,39,42). The summed E-state index contributed by atoms with van der Waals surface area (Å²) in [7, 11) is -3.57. The van der Waals surface area contributed by atoms with Crippen LogP contribution in [0.3, 0.4) is 0 Å². The highest BCUT2D eigenvalue weighted by molar-refractivity contribution is 7.92. The maximum Gasteiger partial charge on any atom is 0.265 e. The number of nitrogens with one attached hydrogen (secondary N) is 3. The molecule has 0 aliphatic heterocycles. The van der Waals surface area contributed by atoms with E-state index in [9.17, 15) is 23.1 Å². The third kappa shape index (κ3) is 14.4. The van der Waals surface area contributed by atoms with Crippen LogP contribution in [0.25, 0.3) is 0 Å². The first-order valence-electron chi connectivity index (χ1n) is 17.1. The Morgan fingerprint density at radius 1 is 0.771 bits per heavy atom. The first-order chi connectivity index (χ1) is 23.2. The number of phenols is 1. The largest absolute Gasteiger partial charge is 0.506 e. The van der Waals surface area contributed by atoms with E-state index < -0.39 is 16.1 Å². The molecule has 2 amide bonds. The van der Waals surface area contributed by atoms with Gasteiger partial charge in [-0.1, -0.05) is 82.9 Å². The summed E-state index contributed by atoms with van der Waals surface area (Å²) in [5, 5.41) is 16.1. The van der Waals surface area contributed by atoms with Crippen molar-refractivity contribution in [3.63, 3.8) is 0 Å². The van der Waals surface area contributed by atoms with Gasteiger partial charge in [0.25, 0.3) is 11.8 Å². The topological polar surface area (TPSA) is 143 Å². The van der Waals surface area contributed by atoms with Crippen LogP contribution in [0.5, 0.6) is 11.5 Å². The van der Waals surface area contributed by atoms with E-state index in [1.807, 2.05) is 6.07 Å². The predicted octanol–water partition coefficient (Wildman–Crippen LogP) is 8.12. The van der Waals surface area contributed by atoms with E-state index in [0.29, 0.717) is 35.7 Å². The van der Waals surface area contributed by atoms with Gasteiger partial charge in [-0.3, -0.25) is 14.3 Å². The number of sulfonamides is 1. The number of unbranched alkanes of at least 4 members (excludes halogenated alkanes) is 9. The minimum absolute atomic E-state index is 0.103. The summed E-state index contributed by atoms with van der Waals surface area (Å²) in [6, 6.07) is 19.6. The van der Waals surface area contributed by atoms with Crippen molar-refractivity contribution in [2.75, 3.05) is 34.3 Å². The summed E-state index contributed by atoms with van der Waals surface area (Å²) in [4.78, 5) is 26.0. The highest BCUT2D eigenvalue weighted by Gasteiger charge is 2.21. The molecule has 0 aliphatic rings. The van der Waals surface area contributed by atoms with Crippen molar-refractivity contribution < 1.29 is 32.6 Å². The van der Waals surface area contributed by atoms with Crippen LogP contribution in [-0.2, 0) is 19.6 Å². The van der Waals surface area contributed by atoms with E-state index in [-0.39, 0.29) is 35.6 Å². The maximum absolute atomic E-state index is 13.5. The lowest BCUT2D eigenvalue weighted by molar-refractivity contribution is -0.123. The summed E-state index contributed by atoms with van der Waals surface area (Å²) in [5.74, 6) is -0.676. The molecule has 1 atom stereocenters. The molecule has 0 bridgehead atoms. The fourth-order valence-corrected chi connectivity index (χ4v) is 6.03. The number of amides is 2. The minimum atomic E-state index is -3.57. The van der Waals surface area contributed by atoms with Crippen molar-refractivity contribution in [3.8, 4) is 11.5 Å². The maximum atomic E-state index is 13.5. The van der Waals surface area contributed by atoms with Gasteiger partial charge < -0.3 is 25.2 Å². The molecule has 0 heterocycles. The summed E-state index contributed by atoms with van der Waals surface area (Å²) in [5.41, 5.74) is 1.40. The molecule has 0 aromatic heterocycles. The van der Waals surface area contributed by atoms with Crippen molar-refractivity contribution in [1.29, 1.82) is 0 Å². The third-order valence-corrected chi connectivity index (χ3v) is 9.02. The second kappa shape index (κ2) is 21.0. The minimum Gasteiger partial charge on any atom is -0.506 e. The molecule has 0 saturated carbocycles. The van der Waals surface area contributed by atoms with E-state index in [4.69, 9.17) is 9.47 Å². The quantitative estimate of drug-likeness (QED) is 0.0585. The Balaban J connectivity index is 1.61. The van der Waals surface area contributed by atoms with Crippen LogP contribution in [0.2, 0.25) is 0 Å². The monoisotopic (exact) mass is 681 g/mol. The zero-order valence-electron chi connectivity index (χ0n) is 28.2. The average Bonchev–Trinajstić information content (AvgIpc) is 3.07. The van der Waals surface area contributed by atoms with E-state index in [2.05, 4.69) is 22.3 Å². The van der Waals surface area contributed by atoms with Crippen molar-refractivity contribution in [1.82, 2.24) is 0 Å². The van der Waals surface area contributed by atoms with Gasteiger partial charge in [0.2, 0.25) is 10.0 Å². The normalized spacial score (nSPS) is 11.9. The molecule has 0 radical (unpaired) electrons. The predicted molar refractivity (Wildman–Crippen MR) is 192 cm³/mol. The molecular formula is C37H51N3O7S. The van der Waals surface area contributed by atoms with Crippen LogP contribution >= 0.6 is 0 Å². The van der Waals surface area contributed by atoms with Gasteiger partial charge in [-0.15, -0.1) is 0 Å². The second-order valence-electron chi connectivity index (χ2n) is 11.8. The van der Waals surface area contributed by atoms with Crippen molar-refractivity contribution in [3.05, 3.63) is 78.4 Å². The first-order valence-corrected chi connectivity index (χ1v) is 18.7. The Labute approximate surface area is 285 Å². The second-order valence-corrected chi connectivity index (χ2v) is 13.6. The Morgan fingerprint density at radius 2 is 1.40 bits per heavy atom. The van der Waals surface area contributed by atoms with E-state index in [0.717, 1.165) is 25.7 Å². The number of aromatic hydroxyl groups is 1. The van der Waals surface area contributed by atoms with Gasteiger partial charge in [0.1, 0.15) is 11.5 Å². The van der Waals surface area contributed by atoms with Gasteiger partial charge in [-0.25, -0.2) is 8.42 Å². The molecule has 0 aliphatic carbocycles. The summed E-state index contributed by atoms with van der Waals surface area (Å²) >= 11 is 0. The van der Waals surface area contributed by atoms with Crippen LogP contribution < -0.4 is 20.1 Å². The van der Waals surface area contributed by atoms with Gasteiger partial charge in [-0.2, -0.15) is 0 Å².